The average Bonchev–Trinajstić information content (AvgIpc) is 3.18. The third kappa shape index (κ3) is 2.84. The maximum Gasteiger partial charge on any atom is 0.174 e. The number of hydrogen-bond acceptors (Lipinski definition) is 7. The highest BCUT2D eigenvalue weighted by molar-refractivity contribution is 7.80. The van der Waals surface area contributed by atoms with Gasteiger partial charge in [0.25, 0.3) is 0 Å². The van der Waals surface area contributed by atoms with Crippen molar-refractivity contribution in [1.29, 1.82) is 0 Å². The van der Waals surface area contributed by atoms with Crippen molar-refractivity contribution in [3.05, 3.63) is 47.5 Å². The predicted octanol–water partition coefficient (Wildman–Crippen LogP) is 1.66. The molecule has 9 heteroatoms. The van der Waals surface area contributed by atoms with Crippen LogP contribution in [0.2, 0.25) is 0 Å². The molecule has 2 aromatic rings. The summed E-state index contributed by atoms with van der Waals surface area (Å²) in [5.74, 6) is 1.52. The van der Waals surface area contributed by atoms with Crippen LogP contribution in [0.4, 0.5) is 0 Å². The van der Waals surface area contributed by atoms with Crippen LogP contribution in [-0.4, -0.2) is 55.8 Å². The zero-order chi connectivity index (χ0) is 23.3. The molecule has 1 fully saturated rings. The number of methoxy groups -OCH3 is 3. The van der Waals surface area contributed by atoms with Crippen LogP contribution in [0.1, 0.15) is 18.1 Å². The molecule has 2 aliphatic rings. The molecular formula is C23H28N2O6S. The lowest BCUT2D eigenvalue weighted by Gasteiger charge is -2.39. The smallest absolute Gasteiger partial charge is 0.174 e. The van der Waals surface area contributed by atoms with Crippen molar-refractivity contribution < 1.29 is 29.2 Å². The van der Waals surface area contributed by atoms with Crippen LogP contribution < -0.4 is 29.6 Å². The van der Waals surface area contributed by atoms with Gasteiger partial charge in [-0.1, -0.05) is 19.1 Å². The van der Waals surface area contributed by atoms with Crippen molar-refractivity contribution in [2.24, 2.45) is 5.92 Å². The number of rotatable bonds is 5. The van der Waals surface area contributed by atoms with Crippen LogP contribution in [0, 0.1) is 5.92 Å². The molecule has 4 rings (SSSR count). The number of fused-ring (bicyclic) bond motifs is 3. The first-order chi connectivity index (χ1) is 15.3. The van der Waals surface area contributed by atoms with Gasteiger partial charge >= 0.3 is 0 Å². The second-order valence-electron chi connectivity index (χ2n) is 8.02. The Kier molecular flexibility index (Phi) is 5.60. The number of thiocarbonyl (C=S) groups is 1. The molecule has 4 N–H and O–H groups in total. The van der Waals surface area contributed by atoms with Gasteiger partial charge in [0.1, 0.15) is 29.1 Å². The molecule has 1 saturated carbocycles. The van der Waals surface area contributed by atoms with E-state index in [0.717, 1.165) is 0 Å². The molecule has 0 radical (unpaired) electrons. The fraction of sp³-hybridized carbons (Fsp3) is 0.435. The first-order valence-electron chi connectivity index (χ1n) is 10.3. The van der Waals surface area contributed by atoms with Gasteiger partial charge in [-0.05, 0) is 29.9 Å². The number of aliphatic hydroxyl groups excluding tert-OH is 1. The molecule has 8 nitrogen and oxygen atoms in total. The summed E-state index contributed by atoms with van der Waals surface area (Å²) in [6, 6.07) is 10.0. The number of hydrogen-bond donors (Lipinski definition) is 4. The van der Waals surface area contributed by atoms with Crippen molar-refractivity contribution in [2.45, 2.75) is 30.3 Å². The van der Waals surface area contributed by atoms with Crippen molar-refractivity contribution in [1.82, 2.24) is 10.6 Å². The average molecular weight is 461 g/mol. The molecule has 1 aliphatic carbocycles. The fourth-order valence-electron chi connectivity index (χ4n) is 5.14. The first-order valence-corrected chi connectivity index (χ1v) is 10.7. The molecule has 1 heterocycles. The van der Waals surface area contributed by atoms with Gasteiger partial charge in [0.15, 0.2) is 16.3 Å². The Hall–Kier alpha value is -2.75. The Morgan fingerprint density at radius 1 is 1.06 bits per heavy atom. The molecule has 0 unspecified atom stereocenters. The second-order valence-corrected chi connectivity index (χ2v) is 8.43. The van der Waals surface area contributed by atoms with E-state index in [1.54, 1.807) is 45.5 Å². The van der Waals surface area contributed by atoms with E-state index < -0.39 is 29.3 Å². The highest BCUT2D eigenvalue weighted by atomic mass is 32.1. The van der Waals surface area contributed by atoms with Crippen molar-refractivity contribution in [3.63, 3.8) is 0 Å². The van der Waals surface area contributed by atoms with E-state index in [0.29, 0.717) is 39.2 Å². The standard InChI is InChI=1S/C23H28N2O6S/c1-12-19(25-21(32)24-2)20(26)22(27)18-16(30-5)10-15(29-4)11-17(18)31-23(12,22)13-6-8-14(28-3)9-7-13/h6-12,19-20,26-27H,1-5H3,(H2,24,25,32)/t12-,19-,20-,22+,23-/m1/s1. The minimum absolute atomic E-state index is 0.358. The molecule has 32 heavy (non-hydrogen) atoms. The first kappa shape index (κ1) is 22.4. The topological polar surface area (TPSA) is 101 Å². The highest BCUT2D eigenvalue weighted by Gasteiger charge is 2.75. The van der Waals surface area contributed by atoms with Crippen molar-refractivity contribution in [2.75, 3.05) is 28.4 Å². The summed E-state index contributed by atoms with van der Waals surface area (Å²) in [4.78, 5) is 0. The largest absolute Gasteiger partial charge is 0.497 e. The zero-order valence-electron chi connectivity index (χ0n) is 18.6. The normalized spacial score (nSPS) is 30.0. The molecule has 0 saturated heterocycles. The van der Waals surface area contributed by atoms with Crippen LogP contribution in [0.15, 0.2) is 36.4 Å². The van der Waals surface area contributed by atoms with E-state index in [2.05, 4.69) is 10.6 Å². The Labute approximate surface area is 192 Å². The third-order valence-corrected chi connectivity index (χ3v) is 7.03. The van der Waals surface area contributed by atoms with Crippen LogP contribution in [0.3, 0.4) is 0 Å². The summed E-state index contributed by atoms with van der Waals surface area (Å²) < 4.78 is 22.9. The van der Waals surface area contributed by atoms with Gasteiger partial charge in [-0.3, -0.25) is 0 Å². The van der Waals surface area contributed by atoms with Crippen molar-refractivity contribution in [3.8, 4) is 23.0 Å². The summed E-state index contributed by atoms with van der Waals surface area (Å²) in [6.07, 6.45) is -1.27. The lowest BCUT2D eigenvalue weighted by Crippen LogP contribution is -2.52. The molecule has 0 bridgehead atoms. The van der Waals surface area contributed by atoms with Gasteiger partial charge < -0.3 is 39.8 Å². The molecule has 172 valence electrons. The molecule has 0 amide bonds. The number of nitrogens with one attached hydrogen (secondary N) is 2. The SMILES string of the molecule is CNC(=S)N[C@H]1[C@@H](O)[C@@]2(O)c3c(OC)cc(OC)cc3O[C@@]2(c2ccc(OC)cc2)[C@@H]1C. The third-order valence-electron chi connectivity index (χ3n) is 6.71. The van der Waals surface area contributed by atoms with Crippen LogP contribution in [-0.2, 0) is 11.2 Å². The second kappa shape index (κ2) is 7.99. The van der Waals surface area contributed by atoms with Gasteiger partial charge in [0.2, 0.25) is 0 Å². The van der Waals surface area contributed by atoms with Crippen LogP contribution in [0.25, 0.3) is 0 Å². The minimum atomic E-state index is -1.84. The van der Waals surface area contributed by atoms with E-state index in [-0.39, 0.29) is 0 Å². The number of benzene rings is 2. The Balaban J connectivity index is 1.97. The van der Waals surface area contributed by atoms with E-state index in [1.165, 1.54) is 7.11 Å². The van der Waals surface area contributed by atoms with Crippen LogP contribution >= 0.6 is 12.2 Å². The summed E-state index contributed by atoms with van der Waals surface area (Å²) in [7, 11) is 6.32. The van der Waals surface area contributed by atoms with E-state index in [1.807, 2.05) is 19.1 Å². The Morgan fingerprint density at radius 2 is 1.72 bits per heavy atom. The van der Waals surface area contributed by atoms with Gasteiger partial charge in [-0.15, -0.1) is 0 Å². The zero-order valence-corrected chi connectivity index (χ0v) is 19.4. The van der Waals surface area contributed by atoms with Gasteiger partial charge in [0, 0.05) is 25.1 Å². The molecule has 0 aromatic heterocycles. The van der Waals surface area contributed by atoms with Gasteiger partial charge in [-0.25, -0.2) is 0 Å². The monoisotopic (exact) mass is 460 g/mol. The maximum atomic E-state index is 12.4. The number of aliphatic hydroxyl groups is 2. The molecular weight excluding hydrogens is 432 g/mol. The lowest BCUT2D eigenvalue weighted by atomic mass is 9.73. The van der Waals surface area contributed by atoms with E-state index in [9.17, 15) is 10.2 Å². The maximum absolute atomic E-state index is 12.4. The van der Waals surface area contributed by atoms with Gasteiger partial charge in [0.05, 0.1) is 32.9 Å². The molecule has 2 aromatic carbocycles. The summed E-state index contributed by atoms with van der Waals surface area (Å²) in [6.45, 7) is 1.91. The summed E-state index contributed by atoms with van der Waals surface area (Å²) >= 11 is 5.30. The van der Waals surface area contributed by atoms with Crippen molar-refractivity contribution >= 4 is 17.3 Å². The Morgan fingerprint density at radius 3 is 2.28 bits per heavy atom. The summed E-state index contributed by atoms with van der Waals surface area (Å²) in [5.41, 5.74) is -2.11. The molecule has 0 spiro atoms. The van der Waals surface area contributed by atoms with Gasteiger partial charge in [-0.2, -0.15) is 0 Å². The van der Waals surface area contributed by atoms with E-state index in [4.69, 9.17) is 31.2 Å². The summed E-state index contributed by atoms with van der Waals surface area (Å²) in [5, 5.41) is 30.3. The predicted molar refractivity (Wildman–Crippen MR) is 122 cm³/mol. The minimum Gasteiger partial charge on any atom is -0.497 e. The lowest BCUT2D eigenvalue weighted by molar-refractivity contribution is -0.155. The fourth-order valence-corrected chi connectivity index (χ4v) is 5.28. The molecule has 1 aliphatic heterocycles. The quantitative estimate of drug-likeness (QED) is 0.496. The van der Waals surface area contributed by atoms with Crippen LogP contribution in [0.5, 0.6) is 23.0 Å². The number of ether oxygens (including phenoxy) is 4. The Bertz CT molecular complexity index is 1030. The van der Waals surface area contributed by atoms with E-state index >= 15 is 0 Å². The highest BCUT2D eigenvalue weighted by Crippen LogP contribution is 2.66. The molecule has 5 atom stereocenters.